The molecule has 20 heavy (non-hydrogen) atoms. The lowest BCUT2D eigenvalue weighted by Crippen LogP contribution is -2.07. The van der Waals surface area contributed by atoms with E-state index in [1.165, 1.54) is 24.5 Å². The first-order valence-electron chi connectivity index (χ1n) is 5.06. The van der Waals surface area contributed by atoms with Crippen LogP contribution in [0.5, 0.6) is 0 Å². The van der Waals surface area contributed by atoms with Crippen molar-refractivity contribution in [1.82, 2.24) is 9.97 Å². The van der Waals surface area contributed by atoms with E-state index in [-0.39, 0.29) is 11.4 Å². The number of hydrogen-bond acceptors (Lipinski definition) is 6. The van der Waals surface area contributed by atoms with E-state index in [0.29, 0.717) is 0 Å². The maximum absolute atomic E-state index is 11.3. The highest BCUT2D eigenvalue weighted by Gasteiger charge is 2.24. The fourth-order valence-corrected chi connectivity index (χ4v) is 2.84. The molecule has 8 nitrogen and oxygen atoms in total. The minimum Gasteiger partial charge on any atom is -0.282 e. The van der Waals surface area contributed by atoms with Crippen molar-refractivity contribution in [3.05, 3.63) is 36.7 Å². The Morgan fingerprint density at radius 2 is 1.10 bits per heavy atom. The largest absolute Gasteiger partial charge is 0.296 e. The minimum atomic E-state index is -4.62. The van der Waals surface area contributed by atoms with E-state index in [1.54, 1.807) is 0 Å². The maximum Gasteiger partial charge on any atom is 0.296 e. The Bertz CT molecular complexity index is 787. The summed E-state index contributed by atoms with van der Waals surface area (Å²) in [5.41, 5.74) is -0.744. The van der Waals surface area contributed by atoms with Gasteiger partial charge in [-0.15, -0.1) is 0 Å². The average molecular weight is 316 g/mol. The Morgan fingerprint density at radius 1 is 0.750 bits per heavy atom. The molecule has 0 bridgehead atoms. The Morgan fingerprint density at radius 3 is 1.40 bits per heavy atom. The Balaban J connectivity index is 2.85. The summed E-state index contributed by atoms with van der Waals surface area (Å²) in [4.78, 5) is 6.21. The summed E-state index contributed by atoms with van der Waals surface area (Å²) in [6.45, 7) is 0. The van der Waals surface area contributed by atoms with Gasteiger partial charge < -0.3 is 0 Å². The van der Waals surface area contributed by atoms with Gasteiger partial charge in [-0.25, -0.2) is 0 Å². The van der Waals surface area contributed by atoms with Gasteiger partial charge in [-0.1, -0.05) is 0 Å². The van der Waals surface area contributed by atoms with Gasteiger partial charge in [-0.3, -0.25) is 19.1 Å². The average Bonchev–Trinajstić information content (AvgIpc) is 2.37. The predicted molar refractivity (Wildman–Crippen MR) is 67.1 cm³/mol. The molecule has 2 aromatic rings. The third-order valence-corrected chi connectivity index (χ3v) is 4.09. The van der Waals surface area contributed by atoms with Gasteiger partial charge in [-0.2, -0.15) is 16.8 Å². The first-order chi connectivity index (χ1) is 9.21. The third-order valence-electron chi connectivity index (χ3n) is 2.32. The zero-order chi connectivity index (χ0) is 15.0. The number of hydrogen-bond donors (Lipinski definition) is 2. The molecule has 0 aromatic carbocycles. The van der Waals surface area contributed by atoms with Crippen LogP contribution in [0.2, 0.25) is 0 Å². The van der Waals surface area contributed by atoms with Gasteiger partial charge in [0, 0.05) is 12.4 Å². The summed E-state index contributed by atoms with van der Waals surface area (Å²) in [7, 11) is -9.25. The topological polar surface area (TPSA) is 135 Å². The van der Waals surface area contributed by atoms with Gasteiger partial charge in [0.25, 0.3) is 20.2 Å². The Kier molecular flexibility index (Phi) is 3.56. The van der Waals surface area contributed by atoms with Crippen LogP contribution in [-0.4, -0.2) is 35.9 Å². The van der Waals surface area contributed by atoms with Gasteiger partial charge in [-0.05, 0) is 24.3 Å². The van der Waals surface area contributed by atoms with Crippen LogP contribution in [-0.2, 0) is 20.2 Å². The second-order valence-corrected chi connectivity index (χ2v) is 6.43. The summed E-state index contributed by atoms with van der Waals surface area (Å²) in [6, 6.07) is 4.59. The zero-order valence-corrected chi connectivity index (χ0v) is 11.3. The summed E-state index contributed by atoms with van der Waals surface area (Å²) >= 11 is 0. The van der Waals surface area contributed by atoms with Gasteiger partial charge >= 0.3 is 0 Å². The maximum atomic E-state index is 11.3. The molecular weight excluding hydrogens is 308 g/mol. The molecule has 0 radical (unpaired) electrons. The molecule has 10 heteroatoms. The quantitative estimate of drug-likeness (QED) is 0.787. The third kappa shape index (κ3) is 2.82. The normalized spacial score (nSPS) is 12.3. The molecule has 0 spiro atoms. The van der Waals surface area contributed by atoms with Crippen molar-refractivity contribution in [2.75, 3.05) is 0 Å². The Hall–Kier alpha value is -1.88. The fourth-order valence-electron chi connectivity index (χ4n) is 1.55. The highest BCUT2D eigenvalue weighted by Crippen LogP contribution is 2.28. The van der Waals surface area contributed by atoms with E-state index in [4.69, 9.17) is 9.11 Å². The number of rotatable bonds is 3. The molecule has 0 aliphatic rings. The monoisotopic (exact) mass is 316 g/mol. The number of aromatic nitrogens is 2. The second-order valence-electron chi connectivity index (χ2n) is 3.65. The highest BCUT2D eigenvalue weighted by molar-refractivity contribution is 7.86. The van der Waals surface area contributed by atoms with Crippen LogP contribution in [0.3, 0.4) is 0 Å². The predicted octanol–water partition coefficient (Wildman–Crippen LogP) is 0.637. The van der Waals surface area contributed by atoms with Crippen LogP contribution < -0.4 is 0 Å². The van der Waals surface area contributed by atoms with Crippen molar-refractivity contribution in [3.8, 4) is 11.4 Å². The molecule has 0 amide bonds. The van der Waals surface area contributed by atoms with E-state index in [1.807, 2.05) is 0 Å². The summed E-state index contributed by atoms with van der Waals surface area (Å²) in [6.07, 6.45) is 2.40. The summed E-state index contributed by atoms with van der Waals surface area (Å²) in [5, 5.41) is 0. The molecule has 0 aliphatic carbocycles. The van der Waals surface area contributed by atoms with Crippen LogP contribution in [0.25, 0.3) is 11.4 Å². The van der Waals surface area contributed by atoms with Crippen molar-refractivity contribution in [2.45, 2.75) is 9.79 Å². The lowest BCUT2D eigenvalue weighted by molar-refractivity contribution is 0.479. The second kappa shape index (κ2) is 4.90. The van der Waals surface area contributed by atoms with Gasteiger partial charge in [0.1, 0.15) is 21.2 Å². The molecule has 0 saturated carbocycles. The first kappa shape index (κ1) is 14.5. The van der Waals surface area contributed by atoms with Crippen LogP contribution in [0, 0.1) is 0 Å². The van der Waals surface area contributed by atoms with E-state index in [2.05, 4.69) is 9.97 Å². The van der Waals surface area contributed by atoms with Crippen LogP contribution in [0.1, 0.15) is 0 Å². The van der Waals surface area contributed by atoms with E-state index in [9.17, 15) is 16.8 Å². The SMILES string of the molecule is O=S(=O)(O)c1cccnc1-c1ncccc1S(=O)(=O)O. The lowest BCUT2D eigenvalue weighted by Gasteiger charge is -2.08. The van der Waals surface area contributed by atoms with E-state index >= 15 is 0 Å². The molecule has 2 aromatic heterocycles. The van der Waals surface area contributed by atoms with Crippen LogP contribution >= 0.6 is 0 Å². The number of pyridine rings is 2. The molecule has 2 rings (SSSR count). The molecular formula is C10H8N2O6S2. The lowest BCUT2D eigenvalue weighted by atomic mass is 10.2. The molecule has 2 heterocycles. The molecule has 0 fully saturated rings. The smallest absolute Gasteiger partial charge is 0.282 e. The minimum absolute atomic E-state index is 0.372. The standard InChI is InChI=1S/C10H8N2O6S2/c13-19(14,15)7-3-1-5-11-9(7)10-8(20(16,17)18)4-2-6-12-10/h1-6H,(H,13,14,15)(H,16,17,18). The van der Waals surface area contributed by atoms with Crippen molar-refractivity contribution in [3.63, 3.8) is 0 Å². The molecule has 2 N–H and O–H groups in total. The fraction of sp³-hybridized carbons (Fsp3) is 0. The summed E-state index contributed by atoms with van der Waals surface area (Å²) in [5.74, 6) is 0. The summed E-state index contributed by atoms with van der Waals surface area (Å²) < 4.78 is 63.3. The van der Waals surface area contributed by atoms with Crippen molar-refractivity contribution >= 4 is 20.2 Å². The molecule has 0 atom stereocenters. The molecule has 106 valence electrons. The van der Waals surface area contributed by atoms with Crippen molar-refractivity contribution in [2.24, 2.45) is 0 Å². The molecule has 0 unspecified atom stereocenters. The van der Waals surface area contributed by atoms with Gasteiger partial charge in [0.2, 0.25) is 0 Å². The van der Waals surface area contributed by atoms with E-state index < -0.39 is 30.0 Å². The van der Waals surface area contributed by atoms with Crippen molar-refractivity contribution in [1.29, 1.82) is 0 Å². The first-order valence-corrected chi connectivity index (χ1v) is 7.94. The van der Waals surface area contributed by atoms with Gasteiger partial charge in [0.15, 0.2) is 0 Å². The van der Waals surface area contributed by atoms with Crippen LogP contribution in [0.4, 0.5) is 0 Å². The highest BCUT2D eigenvalue weighted by atomic mass is 32.2. The Labute approximate surface area is 114 Å². The van der Waals surface area contributed by atoms with Crippen LogP contribution in [0.15, 0.2) is 46.5 Å². The molecule has 0 saturated heterocycles. The number of nitrogens with zero attached hydrogens (tertiary/aromatic N) is 2. The van der Waals surface area contributed by atoms with Crippen molar-refractivity contribution < 1.29 is 25.9 Å². The van der Waals surface area contributed by atoms with E-state index in [0.717, 1.165) is 12.1 Å². The zero-order valence-electron chi connectivity index (χ0n) is 9.70. The van der Waals surface area contributed by atoms with Gasteiger partial charge in [0.05, 0.1) is 0 Å². The molecule has 0 aliphatic heterocycles.